The summed E-state index contributed by atoms with van der Waals surface area (Å²) < 4.78 is 7.05. The van der Waals surface area contributed by atoms with Crippen LogP contribution < -0.4 is 0 Å². The zero-order valence-electron chi connectivity index (χ0n) is 13.3. The summed E-state index contributed by atoms with van der Waals surface area (Å²) in [5.74, 6) is -0.625. The minimum absolute atomic E-state index is 0.129. The molecule has 0 amide bonds. The summed E-state index contributed by atoms with van der Waals surface area (Å²) in [7, 11) is 1.68. The van der Waals surface area contributed by atoms with Crippen molar-refractivity contribution < 1.29 is 14.5 Å². The van der Waals surface area contributed by atoms with Crippen LogP contribution in [0, 0.1) is 10.1 Å². The van der Waals surface area contributed by atoms with Gasteiger partial charge in [-0.1, -0.05) is 18.2 Å². The molecular formula is C17H14N4O4. The lowest BCUT2D eigenvalue weighted by Crippen LogP contribution is -2.14. The van der Waals surface area contributed by atoms with Crippen molar-refractivity contribution in [2.45, 2.75) is 6.10 Å². The van der Waals surface area contributed by atoms with Gasteiger partial charge >= 0.3 is 5.97 Å². The van der Waals surface area contributed by atoms with Crippen molar-refractivity contribution in [1.82, 2.24) is 14.8 Å². The van der Waals surface area contributed by atoms with Gasteiger partial charge in [0.05, 0.1) is 22.2 Å². The molecule has 126 valence electrons. The van der Waals surface area contributed by atoms with Gasteiger partial charge < -0.3 is 4.74 Å². The number of hydrogen-bond acceptors (Lipinski definition) is 6. The summed E-state index contributed by atoms with van der Waals surface area (Å²) in [6.45, 7) is 0. The first-order valence-electron chi connectivity index (χ1n) is 7.39. The van der Waals surface area contributed by atoms with E-state index in [2.05, 4.69) is 10.1 Å². The first-order chi connectivity index (χ1) is 12.1. The van der Waals surface area contributed by atoms with Gasteiger partial charge in [-0.05, 0) is 12.1 Å². The molecule has 0 N–H and O–H groups in total. The Hall–Kier alpha value is -3.55. The highest BCUT2D eigenvalue weighted by molar-refractivity contribution is 5.89. The number of esters is 1. The second-order valence-corrected chi connectivity index (χ2v) is 5.29. The third-order valence-corrected chi connectivity index (χ3v) is 3.57. The van der Waals surface area contributed by atoms with Gasteiger partial charge in [-0.2, -0.15) is 5.10 Å². The molecule has 8 heteroatoms. The van der Waals surface area contributed by atoms with E-state index in [-0.39, 0.29) is 16.8 Å². The molecule has 1 aromatic carbocycles. The molecule has 0 bridgehead atoms. The minimum atomic E-state index is -0.956. The third-order valence-electron chi connectivity index (χ3n) is 3.57. The van der Waals surface area contributed by atoms with Crippen LogP contribution in [-0.2, 0) is 11.8 Å². The SMILES string of the molecule is Cn1cc(C(=O)O[C@@H](c2cccnc2)c2ccccc2[N+](=O)[O-])cn1. The maximum Gasteiger partial charge on any atom is 0.342 e. The first-order valence-corrected chi connectivity index (χ1v) is 7.39. The van der Waals surface area contributed by atoms with Gasteiger partial charge in [-0.15, -0.1) is 0 Å². The van der Waals surface area contributed by atoms with E-state index in [0.29, 0.717) is 5.56 Å². The number of hydrogen-bond donors (Lipinski definition) is 0. The highest BCUT2D eigenvalue weighted by Crippen LogP contribution is 2.33. The van der Waals surface area contributed by atoms with Gasteiger partial charge in [0.2, 0.25) is 0 Å². The van der Waals surface area contributed by atoms with Crippen LogP contribution in [0.25, 0.3) is 0 Å². The minimum Gasteiger partial charge on any atom is -0.449 e. The van der Waals surface area contributed by atoms with E-state index in [0.717, 1.165) is 0 Å². The Labute approximate surface area is 142 Å². The van der Waals surface area contributed by atoms with Crippen molar-refractivity contribution >= 4 is 11.7 Å². The number of nitrogens with zero attached hydrogens (tertiary/aromatic N) is 4. The molecule has 1 atom stereocenters. The summed E-state index contributed by atoms with van der Waals surface area (Å²) >= 11 is 0. The topological polar surface area (TPSA) is 100 Å². The molecule has 0 unspecified atom stereocenters. The van der Waals surface area contributed by atoms with E-state index in [1.54, 1.807) is 43.6 Å². The lowest BCUT2D eigenvalue weighted by atomic mass is 10.0. The standard InChI is InChI=1S/C17H14N4O4/c1-20-11-13(10-19-20)17(22)25-16(12-5-4-8-18-9-12)14-6-2-3-7-15(14)21(23)24/h2-11,16H,1H3/t16-/m0/s1. The maximum atomic E-state index is 12.4. The Balaban J connectivity index is 2.02. The van der Waals surface area contributed by atoms with Gasteiger partial charge in [0, 0.05) is 37.3 Å². The molecule has 0 aliphatic heterocycles. The zero-order chi connectivity index (χ0) is 17.8. The largest absolute Gasteiger partial charge is 0.449 e. The fraction of sp³-hybridized carbons (Fsp3) is 0.118. The number of carbonyl (C=O) groups excluding carboxylic acids is 1. The normalized spacial score (nSPS) is 11.7. The molecule has 3 aromatic rings. The number of aromatic nitrogens is 3. The summed E-state index contributed by atoms with van der Waals surface area (Å²) in [4.78, 5) is 27.3. The summed E-state index contributed by atoms with van der Waals surface area (Å²) in [6, 6.07) is 9.53. The monoisotopic (exact) mass is 338 g/mol. The van der Waals surface area contributed by atoms with Gasteiger partial charge in [0.15, 0.2) is 6.10 Å². The third kappa shape index (κ3) is 3.52. The number of para-hydroxylation sites is 1. The molecule has 2 heterocycles. The molecular weight excluding hydrogens is 324 g/mol. The predicted molar refractivity (Wildman–Crippen MR) is 87.8 cm³/mol. The van der Waals surface area contributed by atoms with E-state index in [9.17, 15) is 14.9 Å². The molecule has 25 heavy (non-hydrogen) atoms. The van der Waals surface area contributed by atoms with Crippen LogP contribution in [0.1, 0.15) is 27.6 Å². The average molecular weight is 338 g/mol. The molecule has 2 aromatic heterocycles. The van der Waals surface area contributed by atoms with Gasteiger partial charge in [0.25, 0.3) is 5.69 Å². The number of nitro groups is 1. The number of carbonyl (C=O) groups is 1. The fourth-order valence-electron chi connectivity index (χ4n) is 2.42. The fourth-order valence-corrected chi connectivity index (χ4v) is 2.42. The molecule has 0 spiro atoms. The van der Waals surface area contributed by atoms with E-state index in [1.165, 1.54) is 29.3 Å². The maximum absolute atomic E-state index is 12.4. The summed E-state index contributed by atoms with van der Waals surface area (Å²) in [5.41, 5.74) is 0.942. The molecule has 0 radical (unpaired) electrons. The molecule has 0 fully saturated rings. The van der Waals surface area contributed by atoms with Crippen molar-refractivity contribution in [1.29, 1.82) is 0 Å². The molecule has 0 saturated carbocycles. The molecule has 3 rings (SSSR count). The van der Waals surface area contributed by atoms with E-state index in [1.807, 2.05) is 0 Å². The number of rotatable bonds is 5. The Morgan fingerprint density at radius 2 is 2.04 bits per heavy atom. The summed E-state index contributed by atoms with van der Waals surface area (Å²) in [6.07, 6.45) is 5.02. The lowest BCUT2D eigenvalue weighted by molar-refractivity contribution is -0.386. The van der Waals surface area contributed by atoms with Crippen molar-refractivity contribution in [2.24, 2.45) is 7.05 Å². The van der Waals surface area contributed by atoms with E-state index < -0.39 is 17.0 Å². The molecule has 0 saturated heterocycles. The molecule has 0 aliphatic carbocycles. The Morgan fingerprint density at radius 1 is 1.24 bits per heavy atom. The Bertz CT molecular complexity index is 908. The Morgan fingerprint density at radius 3 is 2.68 bits per heavy atom. The smallest absolute Gasteiger partial charge is 0.342 e. The van der Waals surface area contributed by atoms with Crippen LogP contribution in [-0.4, -0.2) is 25.7 Å². The van der Waals surface area contributed by atoms with Crippen molar-refractivity contribution in [3.8, 4) is 0 Å². The molecule has 0 aliphatic rings. The van der Waals surface area contributed by atoms with Crippen LogP contribution in [0.2, 0.25) is 0 Å². The first kappa shape index (κ1) is 16.3. The van der Waals surface area contributed by atoms with Crippen LogP contribution in [0.3, 0.4) is 0 Å². The van der Waals surface area contributed by atoms with Crippen LogP contribution in [0.15, 0.2) is 61.2 Å². The summed E-state index contributed by atoms with van der Waals surface area (Å²) in [5, 5.41) is 15.3. The Kier molecular flexibility index (Phi) is 4.51. The number of aryl methyl sites for hydroxylation is 1. The lowest BCUT2D eigenvalue weighted by Gasteiger charge is -2.18. The van der Waals surface area contributed by atoms with E-state index in [4.69, 9.17) is 4.74 Å². The second kappa shape index (κ2) is 6.91. The number of nitro benzene ring substituents is 1. The van der Waals surface area contributed by atoms with Gasteiger partial charge in [-0.25, -0.2) is 4.79 Å². The van der Waals surface area contributed by atoms with Gasteiger partial charge in [-0.3, -0.25) is 19.8 Å². The van der Waals surface area contributed by atoms with Gasteiger partial charge in [0.1, 0.15) is 0 Å². The van der Waals surface area contributed by atoms with Crippen LogP contribution >= 0.6 is 0 Å². The highest BCUT2D eigenvalue weighted by Gasteiger charge is 2.27. The number of ether oxygens (including phenoxy) is 1. The second-order valence-electron chi connectivity index (χ2n) is 5.29. The molecule has 8 nitrogen and oxygen atoms in total. The zero-order valence-corrected chi connectivity index (χ0v) is 13.3. The van der Waals surface area contributed by atoms with Crippen LogP contribution in [0.4, 0.5) is 5.69 Å². The quantitative estimate of drug-likeness (QED) is 0.403. The van der Waals surface area contributed by atoms with Crippen LogP contribution in [0.5, 0.6) is 0 Å². The predicted octanol–water partition coefficient (Wildman–Crippen LogP) is 2.67. The highest BCUT2D eigenvalue weighted by atomic mass is 16.6. The number of benzene rings is 1. The van der Waals surface area contributed by atoms with Crippen molar-refractivity contribution in [3.05, 3.63) is 88.0 Å². The van der Waals surface area contributed by atoms with Crippen molar-refractivity contribution in [2.75, 3.05) is 0 Å². The van der Waals surface area contributed by atoms with Crippen molar-refractivity contribution in [3.63, 3.8) is 0 Å². The number of pyridine rings is 1. The average Bonchev–Trinajstić information content (AvgIpc) is 3.07. The van der Waals surface area contributed by atoms with E-state index >= 15 is 0 Å².